The molecular weight excluding hydrogens is 346 g/mol. The standard InChI is InChI=1S/C17H12ClN3O2S/c18-12-4-1-2-5-13(12)21-24(22)11-7-8-14-15(10-11)20-17(19-14)16-6-3-9-23-16/h1-10,21H,(H,19,20). The van der Waals surface area contributed by atoms with Crippen LogP contribution in [0.1, 0.15) is 0 Å². The highest BCUT2D eigenvalue weighted by Gasteiger charge is 2.11. The molecule has 0 aliphatic rings. The van der Waals surface area contributed by atoms with Gasteiger partial charge in [0.15, 0.2) is 11.6 Å². The van der Waals surface area contributed by atoms with Crippen molar-refractivity contribution < 1.29 is 8.63 Å². The predicted octanol–water partition coefficient (Wildman–Crippen LogP) is 4.61. The van der Waals surface area contributed by atoms with E-state index in [0.717, 1.165) is 11.0 Å². The first-order chi connectivity index (χ1) is 11.7. The van der Waals surface area contributed by atoms with E-state index in [1.54, 1.807) is 36.6 Å². The molecule has 0 radical (unpaired) electrons. The van der Waals surface area contributed by atoms with Crippen LogP contribution in [0, 0.1) is 0 Å². The highest BCUT2D eigenvalue weighted by molar-refractivity contribution is 7.86. The van der Waals surface area contributed by atoms with E-state index in [1.807, 2.05) is 24.3 Å². The molecule has 0 aliphatic heterocycles. The molecule has 0 amide bonds. The maximum absolute atomic E-state index is 12.5. The number of benzene rings is 2. The number of halogens is 1. The zero-order valence-electron chi connectivity index (χ0n) is 12.3. The smallest absolute Gasteiger partial charge is 0.174 e. The van der Waals surface area contributed by atoms with Gasteiger partial charge in [0.2, 0.25) is 0 Å². The topological polar surface area (TPSA) is 70.9 Å². The van der Waals surface area contributed by atoms with E-state index in [0.29, 0.717) is 27.2 Å². The molecule has 0 bridgehead atoms. The maximum Gasteiger partial charge on any atom is 0.174 e. The molecule has 2 N–H and O–H groups in total. The molecule has 2 aromatic heterocycles. The summed E-state index contributed by atoms with van der Waals surface area (Å²) < 4.78 is 20.8. The number of imidazole rings is 1. The Balaban J connectivity index is 1.65. The van der Waals surface area contributed by atoms with Crippen molar-refractivity contribution >= 4 is 39.3 Å². The number of rotatable bonds is 4. The minimum atomic E-state index is -1.43. The number of nitrogens with one attached hydrogen (secondary N) is 2. The van der Waals surface area contributed by atoms with Crippen molar-refractivity contribution in [2.45, 2.75) is 4.90 Å². The normalized spacial score (nSPS) is 12.4. The molecule has 0 saturated carbocycles. The number of furan rings is 1. The number of nitrogens with zero attached hydrogens (tertiary/aromatic N) is 1. The van der Waals surface area contributed by atoms with Crippen LogP contribution in [0.15, 0.2) is 70.2 Å². The molecule has 1 unspecified atom stereocenters. The average Bonchev–Trinajstić information content (AvgIpc) is 3.25. The SMILES string of the molecule is O=S(Nc1ccccc1Cl)c1ccc2nc(-c3ccco3)[nH]c2c1. The second-order valence-corrected chi connectivity index (χ2v) is 6.71. The highest BCUT2D eigenvalue weighted by Crippen LogP contribution is 2.25. The number of aromatic amines is 1. The first-order valence-electron chi connectivity index (χ1n) is 7.17. The van der Waals surface area contributed by atoms with Crippen LogP contribution in [-0.4, -0.2) is 14.2 Å². The largest absolute Gasteiger partial charge is 0.461 e. The van der Waals surface area contributed by atoms with Gasteiger partial charge in [0.1, 0.15) is 11.0 Å². The second kappa shape index (κ2) is 6.14. The molecule has 0 aliphatic carbocycles. The zero-order chi connectivity index (χ0) is 16.5. The number of fused-ring (bicyclic) bond motifs is 1. The number of para-hydroxylation sites is 1. The highest BCUT2D eigenvalue weighted by atomic mass is 35.5. The Kier molecular flexibility index (Phi) is 3.84. The third kappa shape index (κ3) is 2.81. The van der Waals surface area contributed by atoms with Crippen LogP contribution in [0.2, 0.25) is 5.02 Å². The molecule has 1 atom stereocenters. The molecular formula is C17H12ClN3O2S. The van der Waals surface area contributed by atoms with E-state index in [4.69, 9.17) is 16.0 Å². The monoisotopic (exact) mass is 357 g/mol. The molecule has 24 heavy (non-hydrogen) atoms. The Morgan fingerprint density at radius 1 is 1.12 bits per heavy atom. The summed E-state index contributed by atoms with van der Waals surface area (Å²) in [6.07, 6.45) is 1.59. The number of hydrogen-bond donors (Lipinski definition) is 2. The van der Waals surface area contributed by atoms with Crippen molar-refractivity contribution in [3.8, 4) is 11.6 Å². The van der Waals surface area contributed by atoms with Gasteiger partial charge in [-0.05, 0) is 42.5 Å². The summed E-state index contributed by atoms with van der Waals surface area (Å²) in [4.78, 5) is 8.26. The van der Waals surface area contributed by atoms with Gasteiger partial charge in [0, 0.05) is 0 Å². The fraction of sp³-hybridized carbons (Fsp3) is 0. The van der Waals surface area contributed by atoms with Crippen LogP contribution in [0.25, 0.3) is 22.6 Å². The summed E-state index contributed by atoms with van der Waals surface area (Å²) >= 11 is 6.09. The maximum atomic E-state index is 12.5. The fourth-order valence-electron chi connectivity index (χ4n) is 2.34. The van der Waals surface area contributed by atoms with E-state index in [1.165, 1.54) is 0 Å². The zero-order valence-corrected chi connectivity index (χ0v) is 13.9. The fourth-order valence-corrected chi connectivity index (χ4v) is 3.49. The Morgan fingerprint density at radius 3 is 2.79 bits per heavy atom. The van der Waals surface area contributed by atoms with Crippen molar-refractivity contribution in [3.05, 3.63) is 65.9 Å². The van der Waals surface area contributed by atoms with Gasteiger partial charge < -0.3 is 9.40 Å². The molecule has 2 heterocycles. The molecule has 7 heteroatoms. The third-order valence-electron chi connectivity index (χ3n) is 3.50. The van der Waals surface area contributed by atoms with Crippen molar-refractivity contribution in [3.63, 3.8) is 0 Å². The van der Waals surface area contributed by atoms with Crippen molar-refractivity contribution in [1.29, 1.82) is 0 Å². The minimum Gasteiger partial charge on any atom is -0.461 e. The second-order valence-electron chi connectivity index (χ2n) is 5.09. The first-order valence-corrected chi connectivity index (χ1v) is 8.70. The summed E-state index contributed by atoms with van der Waals surface area (Å²) in [7, 11) is -1.43. The lowest BCUT2D eigenvalue weighted by Crippen LogP contribution is -2.04. The van der Waals surface area contributed by atoms with Crippen LogP contribution >= 0.6 is 11.6 Å². The van der Waals surface area contributed by atoms with E-state index in [9.17, 15) is 4.21 Å². The molecule has 0 fully saturated rings. The molecule has 2 aromatic carbocycles. The van der Waals surface area contributed by atoms with Gasteiger partial charge in [-0.2, -0.15) is 0 Å². The van der Waals surface area contributed by atoms with Crippen molar-refractivity contribution in [2.24, 2.45) is 0 Å². The van der Waals surface area contributed by atoms with Gasteiger partial charge in [0.05, 0.1) is 32.9 Å². The van der Waals surface area contributed by atoms with Crippen molar-refractivity contribution in [2.75, 3.05) is 4.72 Å². The minimum absolute atomic E-state index is 0.522. The van der Waals surface area contributed by atoms with Gasteiger partial charge in [-0.25, -0.2) is 9.19 Å². The lowest BCUT2D eigenvalue weighted by atomic mass is 10.3. The Bertz CT molecular complexity index is 1030. The number of aromatic nitrogens is 2. The Hall–Kier alpha value is -2.57. The Morgan fingerprint density at radius 2 is 2.00 bits per heavy atom. The quantitative estimate of drug-likeness (QED) is 0.560. The van der Waals surface area contributed by atoms with E-state index < -0.39 is 11.0 Å². The summed E-state index contributed by atoms with van der Waals surface area (Å²) in [5, 5.41) is 0.522. The lowest BCUT2D eigenvalue weighted by Gasteiger charge is -2.07. The first kappa shape index (κ1) is 15.0. The summed E-state index contributed by atoms with van der Waals surface area (Å²) in [5.41, 5.74) is 2.19. The van der Waals surface area contributed by atoms with Gasteiger partial charge in [0.25, 0.3) is 0 Å². The number of anilines is 1. The van der Waals surface area contributed by atoms with E-state index >= 15 is 0 Å². The molecule has 5 nitrogen and oxygen atoms in total. The predicted molar refractivity (Wildman–Crippen MR) is 95.3 cm³/mol. The van der Waals surface area contributed by atoms with Gasteiger partial charge in [-0.15, -0.1) is 0 Å². The molecule has 120 valence electrons. The number of hydrogen-bond acceptors (Lipinski definition) is 3. The molecule has 4 rings (SSSR count). The summed E-state index contributed by atoms with van der Waals surface area (Å²) in [5.74, 6) is 1.29. The third-order valence-corrected chi connectivity index (χ3v) is 4.92. The molecule has 4 aromatic rings. The van der Waals surface area contributed by atoms with Gasteiger partial charge in [-0.3, -0.25) is 4.72 Å². The van der Waals surface area contributed by atoms with Gasteiger partial charge in [-0.1, -0.05) is 23.7 Å². The van der Waals surface area contributed by atoms with E-state index in [2.05, 4.69) is 14.7 Å². The summed E-state index contributed by atoms with van der Waals surface area (Å²) in [6, 6.07) is 16.2. The Labute approximate surface area is 145 Å². The van der Waals surface area contributed by atoms with E-state index in [-0.39, 0.29) is 0 Å². The van der Waals surface area contributed by atoms with Crippen LogP contribution in [0.4, 0.5) is 5.69 Å². The van der Waals surface area contributed by atoms with Crippen LogP contribution in [0.5, 0.6) is 0 Å². The molecule has 0 spiro atoms. The molecule has 0 saturated heterocycles. The van der Waals surface area contributed by atoms with Crippen LogP contribution in [-0.2, 0) is 11.0 Å². The number of H-pyrrole nitrogens is 1. The summed E-state index contributed by atoms with van der Waals surface area (Å²) in [6.45, 7) is 0. The van der Waals surface area contributed by atoms with Gasteiger partial charge >= 0.3 is 0 Å². The lowest BCUT2D eigenvalue weighted by molar-refractivity contribution is 0.578. The van der Waals surface area contributed by atoms with Crippen LogP contribution < -0.4 is 4.72 Å². The van der Waals surface area contributed by atoms with Crippen molar-refractivity contribution in [1.82, 2.24) is 9.97 Å². The average molecular weight is 358 g/mol. The van der Waals surface area contributed by atoms with Crippen LogP contribution in [0.3, 0.4) is 0 Å².